The van der Waals surface area contributed by atoms with E-state index in [0.717, 1.165) is 12.2 Å². The summed E-state index contributed by atoms with van der Waals surface area (Å²) in [6.45, 7) is 5.63. The first kappa shape index (κ1) is 11.6. The van der Waals surface area contributed by atoms with E-state index < -0.39 is 0 Å². The van der Waals surface area contributed by atoms with Crippen LogP contribution in [0.15, 0.2) is 0 Å². The van der Waals surface area contributed by atoms with Gasteiger partial charge in [0.2, 0.25) is 0 Å². The average Bonchev–Trinajstić information content (AvgIpc) is 1.86. The van der Waals surface area contributed by atoms with Gasteiger partial charge < -0.3 is 0 Å². The summed E-state index contributed by atoms with van der Waals surface area (Å²) in [4.78, 5) is 0. The molecule has 0 aliphatic carbocycles. The molecule has 0 aliphatic rings. The summed E-state index contributed by atoms with van der Waals surface area (Å²) in [6, 6.07) is 0. The van der Waals surface area contributed by atoms with Crippen LogP contribution in [0.5, 0.6) is 0 Å². The Morgan fingerprint density at radius 2 is 2.36 bits per heavy atom. The molecule has 0 saturated heterocycles. The van der Waals surface area contributed by atoms with Gasteiger partial charge in [0.05, 0.1) is 0 Å². The Labute approximate surface area is 85.6 Å². The summed E-state index contributed by atoms with van der Waals surface area (Å²) >= 11 is 9.91. The van der Waals surface area contributed by atoms with Crippen LogP contribution in [-0.2, 0) is 20.3 Å². The van der Waals surface area contributed by atoms with Crippen molar-refractivity contribution in [3.63, 3.8) is 0 Å². The molecular formula is C7H11FeOS2. The molecule has 0 spiro atoms. The van der Waals surface area contributed by atoms with Gasteiger partial charge >= 0.3 is 85.7 Å². The van der Waals surface area contributed by atoms with Crippen molar-refractivity contribution in [3.05, 3.63) is 6.92 Å². The molecule has 0 rings (SSSR count). The van der Waals surface area contributed by atoms with Gasteiger partial charge in [-0.25, -0.2) is 0 Å². The maximum atomic E-state index is 4.99. The van der Waals surface area contributed by atoms with Gasteiger partial charge in [0, 0.05) is 0 Å². The van der Waals surface area contributed by atoms with Crippen LogP contribution in [0.2, 0.25) is 0 Å². The van der Waals surface area contributed by atoms with E-state index in [1.165, 1.54) is 18.2 Å². The number of hydrogen-bond donors (Lipinski definition) is 0. The number of ether oxygens (including phenoxy) is 1. The van der Waals surface area contributed by atoms with E-state index >= 15 is 0 Å². The summed E-state index contributed by atoms with van der Waals surface area (Å²) in [7, 11) is 0. The molecule has 0 heterocycles. The molecule has 0 radical (unpaired) electrons. The van der Waals surface area contributed by atoms with E-state index in [4.69, 9.17) is 17.0 Å². The SMILES string of the molecule is [CH2-][C](=[Fe+])OC(=S)SCCCC. The topological polar surface area (TPSA) is 9.23 Å². The van der Waals surface area contributed by atoms with Gasteiger partial charge in [0.25, 0.3) is 0 Å². The van der Waals surface area contributed by atoms with Gasteiger partial charge in [0.1, 0.15) is 0 Å². The Morgan fingerprint density at radius 1 is 1.73 bits per heavy atom. The van der Waals surface area contributed by atoms with Crippen LogP contribution < -0.4 is 0 Å². The third kappa shape index (κ3) is 8.54. The molecule has 0 aromatic heterocycles. The second-order valence-corrected chi connectivity index (χ2v) is 4.21. The first-order valence-electron chi connectivity index (χ1n) is 3.34. The molecule has 1 nitrogen and oxygen atoms in total. The maximum absolute atomic E-state index is 4.99. The Bertz CT molecular complexity index is 147. The summed E-state index contributed by atoms with van der Waals surface area (Å²) in [5, 5.41) is 0. The number of hydrogen-bond acceptors (Lipinski definition) is 3. The number of rotatable bonds is 4. The Hall–Kier alpha value is 0.629. The molecular weight excluding hydrogens is 220 g/mol. The first-order chi connectivity index (χ1) is 5.16. The van der Waals surface area contributed by atoms with E-state index in [1.54, 1.807) is 0 Å². The molecule has 0 amide bonds. The van der Waals surface area contributed by atoms with Crippen LogP contribution in [0.4, 0.5) is 0 Å². The standard InChI is InChI=1S/C7H11OS2.Fe/c1-3-5-6-10-7(9)8-4-2;/h2-3,5-6H2,1H3;/q-1;+1. The molecule has 0 bridgehead atoms. The van der Waals surface area contributed by atoms with E-state index in [9.17, 15) is 0 Å². The van der Waals surface area contributed by atoms with Crippen LogP contribution in [0.3, 0.4) is 0 Å². The molecule has 0 atom stereocenters. The van der Waals surface area contributed by atoms with Gasteiger partial charge in [0.15, 0.2) is 0 Å². The number of thioether (sulfide) groups is 1. The molecule has 0 N–H and O–H groups in total. The van der Waals surface area contributed by atoms with Gasteiger partial charge in [-0.1, -0.05) is 0 Å². The zero-order valence-electron chi connectivity index (χ0n) is 6.41. The van der Waals surface area contributed by atoms with Gasteiger partial charge in [-0.15, -0.1) is 0 Å². The van der Waals surface area contributed by atoms with Gasteiger partial charge in [-0.2, -0.15) is 0 Å². The van der Waals surface area contributed by atoms with Crippen LogP contribution >= 0.6 is 24.0 Å². The van der Waals surface area contributed by atoms with Crippen molar-refractivity contribution in [2.45, 2.75) is 19.8 Å². The summed E-state index contributed by atoms with van der Waals surface area (Å²) in [5.74, 6) is 1.02. The molecule has 65 valence electrons. The fourth-order valence-corrected chi connectivity index (χ4v) is 1.78. The predicted molar refractivity (Wildman–Crippen MR) is 51.4 cm³/mol. The summed E-state index contributed by atoms with van der Waals surface area (Å²) in [6.07, 6.45) is 2.35. The third-order valence-corrected chi connectivity index (χ3v) is 2.27. The predicted octanol–water partition coefficient (Wildman–Crippen LogP) is 2.33. The fourth-order valence-electron chi connectivity index (χ4n) is 0.418. The van der Waals surface area contributed by atoms with E-state index in [2.05, 4.69) is 29.4 Å². The third-order valence-electron chi connectivity index (χ3n) is 0.909. The van der Waals surface area contributed by atoms with Crippen LogP contribution in [0.25, 0.3) is 0 Å². The van der Waals surface area contributed by atoms with Crippen LogP contribution in [-0.4, -0.2) is 14.7 Å². The zero-order valence-corrected chi connectivity index (χ0v) is 9.14. The molecule has 0 aromatic carbocycles. The Morgan fingerprint density at radius 3 is 2.82 bits per heavy atom. The number of unbranched alkanes of at least 4 members (excludes halogenated alkanes) is 1. The molecule has 0 saturated carbocycles. The first-order valence-corrected chi connectivity index (χ1v) is 5.29. The minimum atomic E-state index is 0.416. The van der Waals surface area contributed by atoms with Gasteiger partial charge in [-0.05, 0) is 0 Å². The quantitative estimate of drug-likeness (QED) is 0.318. The number of thiocarbonyl (C=S) groups is 1. The van der Waals surface area contributed by atoms with E-state index in [1.807, 2.05) is 0 Å². The average molecular weight is 231 g/mol. The fraction of sp³-hybridized carbons (Fsp3) is 0.571. The van der Waals surface area contributed by atoms with Crippen LogP contribution in [0.1, 0.15) is 19.8 Å². The van der Waals surface area contributed by atoms with E-state index in [0.29, 0.717) is 8.99 Å². The molecule has 11 heavy (non-hydrogen) atoms. The Kier molecular flexibility index (Phi) is 7.70. The van der Waals surface area contributed by atoms with Crippen molar-refractivity contribution in [3.8, 4) is 0 Å². The molecule has 0 unspecified atom stereocenters. The van der Waals surface area contributed by atoms with Gasteiger partial charge in [-0.3, -0.25) is 0 Å². The molecule has 0 fully saturated rings. The summed E-state index contributed by atoms with van der Waals surface area (Å²) < 4.78 is 5.93. The Balaban J connectivity index is 3.30. The monoisotopic (exact) mass is 231 g/mol. The molecule has 0 aromatic rings. The second-order valence-electron chi connectivity index (χ2n) is 1.90. The van der Waals surface area contributed by atoms with Crippen molar-refractivity contribution in [2.75, 3.05) is 5.75 Å². The van der Waals surface area contributed by atoms with Crippen molar-refractivity contribution in [1.82, 2.24) is 0 Å². The zero-order chi connectivity index (χ0) is 8.69. The van der Waals surface area contributed by atoms with Crippen LogP contribution in [0, 0.1) is 6.92 Å². The molecule has 0 aliphatic heterocycles. The second kappa shape index (κ2) is 7.29. The van der Waals surface area contributed by atoms with Crippen molar-refractivity contribution in [1.29, 1.82) is 0 Å². The summed E-state index contributed by atoms with van der Waals surface area (Å²) in [5.41, 5.74) is 0. The van der Waals surface area contributed by atoms with Crippen molar-refractivity contribution >= 4 is 33.0 Å². The van der Waals surface area contributed by atoms with Crippen molar-refractivity contribution in [2.24, 2.45) is 0 Å². The minimum absolute atomic E-state index is 0.416. The normalized spacial score (nSPS) is 9.27. The van der Waals surface area contributed by atoms with Crippen molar-refractivity contribution < 1.29 is 20.3 Å². The molecule has 4 heteroatoms. The van der Waals surface area contributed by atoms with E-state index in [-0.39, 0.29) is 0 Å².